The summed E-state index contributed by atoms with van der Waals surface area (Å²) in [5.41, 5.74) is 10.1. The van der Waals surface area contributed by atoms with Crippen molar-refractivity contribution in [3.63, 3.8) is 0 Å². The van der Waals surface area contributed by atoms with Gasteiger partial charge >= 0.3 is 11.9 Å². The van der Waals surface area contributed by atoms with Crippen molar-refractivity contribution in [2.24, 2.45) is 22.8 Å². The van der Waals surface area contributed by atoms with Gasteiger partial charge in [0.15, 0.2) is 5.41 Å². The molecule has 6 rings (SSSR count). The van der Waals surface area contributed by atoms with E-state index in [-0.39, 0.29) is 37.3 Å². The molecule has 6 unspecified atom stereocenters. The van der Waals surface area contributed by atoms with Gasteiger partial charge in [-0.3, -0.25) is 33.7 Å². The minimum absolute atomic E-state index is 0.0441. The molecule has 3 heterocycles. The van der Waals surface area contributed by atoms with E-state index in [4.69, 9.17) is 20.9 Å². The summed E-state index contributed by atoms with van der Waals surface area (Å²) in [6, 6.07) is 22.6. The molecule has 15 heteroatoms. The van der Waals surface area contributed by atoms with Crippen LogP contribution in [-0.4, -0.2) is 112 Å². The zero-order valence-corrected chi connectivity index (χ0v) is 40.6. The monoisotopic (exact) mass is 924 g/mol. The van der Waals surface area contributed by atoms with Gasteiger partial charge in [0, 0.05) is 38.1 Å². The molecule has 364 valence electrons. The lowest BCUT2D eigenvalue weighted by Crippen LogP contribution is -2.73. The number of amides is 4. The van der Waals surface area contributed by atoms with Gasteiger partial charge in [-0.05, 0) is 103 Å². The predicted octanol–water partition coefficient (Wildman–Crippen LogP) is 4.19. The molecule has 3 aliphatic rings. The third kappa shape index (κ3) is 14.0. The van der Waals surface area contributed by atoms with Crippen molar-refractivity contribution < 1.29 is 38.2 Å². The summed E-state index contributed by atoms with van der Waals surface area (Å²) in [7, 11) is 0. The third-order valence-corrected chi connectivity index (χ3v) is 12.3. The Labute approximate surface area is 396 Å². The van der Waals surface area contributed by atoms with E-state index in [1.54, 1.807) is 79.7 Å². The highest BCUT2D eigenvalue weighted by Crippen LogP contribution is 2.39. The molecule has 3 aromatic carbocycles. The first-order valence-electron chi connectivity index (χ1n) is 23.6. The molecule has 7 N–H and O–H groups in total. The van der Waals surface area contributed by atoms with Crippen LogP contribution >= 0.6 is 0 Å². The Morgan fingerprint density at radius 3 is 1.60 bits per heavy atom. The second-order valence-electron chi connectivity index (χ2n) is 20.3. The number of rotatable bonds is 21. The lowest BCUT2D eigenvalue weighted by atomic mass is 9.70. The Balaban J connectivity index is 1.55. The van der Waals surface area contributed by atoms with Gasteiger partial charge in [-0.25, -0.2) is 0 Å². The number of fused-ring (bicyclic) bond motifs is 2. The number of benzene rings is 3. The largest absolute Gasteiger partial charge is 0.459 e. The number of hydrogen-bond acceptors (Lipinski definition) is 11. The number of nitrogens with zero attached hydrogens (tertiary/aromatic N) is 2. The van der Waals surface area contributed by atoms with Crippen molar-refractivity contribution in [3.05, 3.63) is 108 Å². The number of piperazine rings is 1. The van der Waals surface area contributed by atoms with Gasteiger partial charge < -0.3 is 41.8 Å². The van der Waals surface area contributed by atoms with Crippen molar-refractivity contribution in [2.45, 2.75) is 148 Å². The smallest absolute Gasteiger partial charge is 0.327 e. The maximum Gasteiger partial charge on any atom is 0.327 e. The molecule has 0 aromatic heterocycles. The first-order valence-corrected chi connectivity index (χ1v) is 23.6. The van der Waals surface area contributed by atoms with Crippen molar-refractivity contribution >= 4 is 35.6 Å². The summed E-state index contributed by atoms with van der Waals surface area (Å²) in [4.78, 5) is 93.1. The summed E-state index contributed by atoms with van der Waals surface area (Å²) >= 11 is 0. The number of ether oxygens (including phenoxy) is 2. The number of hydrogen-bond donors (Lipinski definition) is 5. The summed E-state index contributed by atoms with van der Waals surface area (Å²) in [5, 5.41) is 8.48. The van der Waals surface area contributed by atoms with Crippen molar-refractivity contribution in [2.75, 3.05) is 19.6 Å². The van der Waals surface area contributed by atoms with Crippen LogP contribution in [0.4, 0.5) is 0 Å². The van der Waals surface area contributed by atoms with Crippen LogP contribution in [0.1, 0.15) is 97.8 Å². The summed E-state index contributed by atoms with van der Waals surface area (Å²) in [6.45, 7) is 15.3. The molecule has 3 fully saturated rings. The molecule has 6 atom stereocenters. The fourth-order valence-electron chi connectivity index (χ4n) is 8.99. The van der Waals surface area contributed by atoms with Gasteiger partial charge in [-0.2, -0.15) is 0 Å². The Morgan fingerprint density at radius 2 is 1.12 bits per heavy atom. The van der Waals surface area contributed by atoms with E-state index < -0.39 is 76.4 Å². The molecule has 3 aliphatic heterocycles. The van der Waals surface area contributed by atoms with Gasteiger partial charge in [-0.1, -0.05) is 105 Å². The molecule has 67 heavy (non-hydrogen) atoms. The van der Waals surface area contributed by atoms with Gasteiger partial charge in [0.25, 0.3) is 0 Å². The normalized spacial score (nSPS) is 18.1. The van der Waals surface area contributed by atoms with Gasteiger partial charge in [0.1, 0.15) is 29.3 Å². The number of unbranched alkanes of at least 4 members (excludes halogenated alkanes) is 1. The Kier molecular flexibility index (Phi) is 17.9. The maximum absolute atomic E-state index is 15.4. The highest BCUT2D eigenvalue weighted by Gasteiger charge is 2.62. The number of nitrogens with one attached hydrogen (secondary N) is 3. The molecule has 3 saturated heterocycles. The second-order valence-corrected chi connectivity index (χ2v) is 20.3. The summed E-state index contributed by atoms with van der Waals surface area (Å²) in [6.07, 6.45) is 2.19. The van der Waals surface area contributed by atoms with Crippen LogP contribution < -0.4 is 27.4 Å². The Bertz CT molecular complexity index is 2100. The van der Waals surface area contributed by atoms with Crippen LogP contribution in [0.15, 0.2) is 91.0 Å². The molecule has 3 aromatic rings. The minimum atomic E-state index is -2.51. The maximum atomic E-state index is 15.4. The number of piperidine rings is 1. The highest BCUT2D eigenvalue weighted by molar-refractivity contribution is 6.09. The number of nitrogens with two attached hydrogens (primary N) is 2. The van der Waals surface area contributed by atoms with E-state index in [0.717, 1.165) is 18.5 Å². The zero-order valence-electron chi connectivity index (χ0n) is 40.6. The first-order chi connectivity index (χ1) is 31.6. The molecular weight excluding hydrogens is 851 g/mol. The SMILES string of the molecule is CC(C)C(C(=O)OC(C)(C)C)(C(=O)OC(C)(C)C)C(NC(=O)C(Cc1ccccc1)NC(=O)C(N)Cc1ccccc1)C(=O)NC(CCCCN)C(=O)N1C2CC1CN(Cc1ccccc1)C2. The van der Waals surface area contributed by atoms with Crippen molar-refractivity contribution in [1.29, 1.82) is 0 Å². The van der Waals surface area contributed by atoms with E-state index in [1.165, 1.54) is 5.56 Å². The van der Waals surface area contributed by atoms with E-state index in [9.17, 15) is 19.2 Å². The van der Waals surface area contributed by atoms with Crippen LogP contribution in [0.3, 0.4) is 0 Å². The van der Waals surface area contributed by atoms with Crippen LogP contribution in [0, 0.1) is 11.3 Å². The van der Waals surface area contributed by atoms with E-state index in [0.29, 0.717) is 38.0 Å². The average Bonchev–Trinajstić information content (AvgIpc) is 3.25. The topological polar surface area (TPSA) is 215 Å². The average molecular weight is 924 g/mol. The second kappa shape index (κ2) is 22.9. The van der Waals surface area contributed by atoms with Gasteiger partial charge in [0.05, 0.1) is 6.04 Å². The van der Waals surface area contributed by atoms with Crippen molar-refractivity contribution in [1.82, 2.24) is 25.8 Å². The molecule has 0 saturated carbocycles. The summed E-state index contributed by atoms with van der Waals surface area (Å²) < 4.78 is 11.9. The molecular formula is C52H73N7O8. The van der Waals surface area contributed by atoms with Crippen molar-refractivity contribution in [3.8, 4) is 0 Å². The van der Waals surface area contributed by atoms with Crippen LogP contribution in [0.5, 0.6) is 0 Å². The van der Waals surface area contributed by atoms with Crippen LogP contribution in [0.25, 0.3) is 0 Å². The molecule has 15 nitrogen and oxygen atoms in total. The van der Waals surface area contributed by atoms with Gasteiger partial charge in [0.2, 0.25) is 23.6 Å². The van der Waals surface area contributed by atoms with Crippen LogP contribution in [0.2, 0.25) is 0 Å². The highest BCUT2D eigenvalue weighted by atomic mass is 16.6. The molecule has 0 radical (unpaired) electrons. The molecule has 0 spiro atoms. The standard InChI is InChI=1S/C52H73N7O8/c1-34(2)52(48(64)66-50(3,4)5,49(65)67-51(6,7)8)43(57-45(61)42(29-36-22-14-10-15-23-36)56-44(60)40(54)28-35-20-12-9-13-21-35)46(62)55-41(26-18-19-27-53)47(63)59-38-30-39(59)33-58(32-38)31-37-24-16-11-17-25-37/h9-17,20-25,34,38-43H,18-19,26-33,53-54H2,1-8H3,(H,55,62)(H,56,60)(H,57,61). The lowest BCUT2D eigenvalue weighted by molar-refractivity contribution is -0.193. The molecule has 4 amide bonds. The zero-order chi connectivity index (χ0) is 49.1. The van der Waals surface area contributed by atoms with E-state index in [1.807, 2.05) is 59.5 Å². The van der Waals surface area contributed by atoms with Gasteiger partial charge in [-0.15, -0.1) is 0 Å². The Hall–Kier alpha value is -5.64. The number of carbonyl (C=O) groups excluding carboxylic acids is 6. The molecule has 0 aliphatic carbocycles. The lowest BCUT2D eigenvalue weighted by Gasteiger charge is -2.57. The van der Waals surface area contributed by atoms with E-state index in [2.05, 4.69) is 33.0 Å². The predicted molar refractivity (Wildman–Crippen MR) is 257 cm³/mol. The third-order valence-electron chi connectivity index (χ3n) is 12.3. The molecule has 2 bridgehead atoms. The number of esters is 2. The summed E-state index contributed by atoms with van der Waals surface area (Å²) in [5.74, 6) is -6.06. The number of carbonyl (C=O) groups is 6. The fraction of sp³-hybridized carbons (Fsp3) is 0.538. The van der Waals surface area contributed by atoms with Crippen LogP contribution in [-0.2, 0) is 57.6 Å². The quantitative estimate of drug-likeness (QED) is 0.0580. The minimum Gasteiger partial charge on any atom is -0.459 e. The van der Waals surface area contributed by atoms with E-state index >= 15 is 9.59 Å². The fourth-order valence-corrected chi connectivity index (χ4v) is 8.99. The Morgan fingerprint density at radius 1 is 0.642 bits per heavy atom. The first kappa shape index (κ1) is 52.3.